The lowest BCUT2D eigenvalue weighted by atomic mass is 10.00. The fourth-order valence-corrected chi connectivity index (χ4v) is 5.52. The number of aryl methyl sites for hydroxylation is 2. The molecule has 3 rings (SSSR count). The van der Waals surface area contributed by atoms with Gasteiger partial charge in [-0.25, -0.2) is 4.98 Å². The predicted molar refractivity (Wildman–Crippen MR) is 140 cm³/mol. The summed E-state index contributed by atoms with van der Waals surface area (Å²) in [6.07, 6.45) is 3.88. The molecule has 10 heteroatoms. The number of nitrogens with one attached hydrogen (secondary N) is 1. The third-order valence-electron chi connectivity index (χ3n) is 6.49. The van der Waals surface area contributed by atoms with Crippen LogP contribution in [-0.4, -0.2) is 71.6 Å². The molecule has 8 nitrogen and oxygen atoms in total. The Morgan fingerprint density at radius 2 is 2.14 bits per heavy atom. The standard InChI is InChI=1S/C25H34ClN5O3S/c1-17-13-22(26)29-19(3)24(17)25(33)27-9-5-18(2)30-10-6-21(7-11-30)31(23(32)14-28-34-4)15-20-8-12-35-16-20/h8,12-14,16,18,21H,5-7,9-11,15H2,1-4H3,(H,27,33). The van der Waals surface area contributed by atoms with Crippen molar-refractivity contribution in [3.8, 4) is 0 Å². The lowest BCUT2D eigenvalue weighted by Crippen LogP contribution is -2.49. The molecule has 0 radical (unpaired) electrons. The Kier molecular flexibility index (Phi) is 10.1. The molecule has 1 saturated heterocycles. The topological polar surface area (TPSA) is 87.1 Å². The minimum absolute atomic E-state index is 0.115. The number of hydrogen-bond acceptors (Lipinski definition) is 7. The fourth-order valence-electron chi connectivity index (χ4n) is 4.57. The maximum atomic E-state index is 12.8. The number of oxime groups is 1. The van der Waals surface area contributed by atoms with Gasteiger partial charge < -0.3 is 20.0 Å². The number of piperidine rings is 1. The Bertz CT molecular complexity index is 999. The molecule has 0 aliphatic carbocycles. The van der Waals surface area contributed by atoms with Crippen LogP contribution < -0.4 is 5.32 Å². The molecule has 3 heterocycles. The summed E-state index contributed by atoms with van der Waals surface area (Å²) >= 11 is 7.61. The number of pyridine rings is 1. The summed E-state index contributed by atoms with van der Waals surface area (Å²) in [5, 5.41) is 11.2. The van der Waals surface area contributed by atoms with Crippen molar-refractivity contribution in [2.24, 2.45) is 5.16 Å². The van der Waals surface area contributed by atoms with Crippen LogP contribution in [0.2, 0.25) is 5.15 Å². The molecule has 0 saturated carbocycles. The average molecular weight is 520 g/mol. The first-order valence-electron chi connectivity index (χ1n) is 11.8. The van der Waals surface area contributed by atoms with Crippen LogP contribution in [0.5, 0.6) is 0 Å². The van der Waals surface area contributed by atoms with Crippen LogP contribution in [0.1, 0.15) is 53.4 Å². The van der Waals surface area contributed by atoms with Gasteiger partial charge in [-0.05, 0) is 74.1 Å². The van der Waals surface area contributed by atoms with Gasteiger partial charge in [0, 0.05) is 38.3 Å². The van der Waals surface area contributed by atoms with Gasteiger partial charge in [0.05, 0.1) is 11.3 Å². The number of nitrogens with zero attached hydrogens (tertiary/aromatic N) is 4. The number of hydrogen-bond donors (Lipinski definition) is 1. The second kappa shape index (κ2) is 13.0. The molecule has 2 aromatic heterocycles. The van der Waals surface area contributed by atoms with Gasteiger partial charge in [-0.1, -0.05) is 16.8 Å². The minimum atomic E-state index is -0.130. The van der Waals surface area contributed by atoms with E-state index in [-0.39, 0.29) is 17.9 Å². The summed E-state index contributed by atoms with van der Waals surface area (Å²) in [7, 11) is 1.43. The van der Waals surface area contributed by atoms with Crippen molar-refractivity contribution in [1.82, 2.24) is 20.1 Å². The van der Waals surface area contributed by atoms with Crippen LogP contribution in [0.3, 0.4) is 0 Å². The van der Waals surface area contributed by atoms with E-state index < -0.39 is 0 Å². The van der Waals surface area contributed by atoms with Crippen molar-refractivity contribution in [2.45, 2.75) is 58.7 Å². The van der Waals surface area contributed by atoms with E-state index in [2.05, 4.69) is 32.7 Å². The first-order valence-corrected chi connectivity index (χ1v) is 13.2. The second-order valence-corrected chi connectivity index (χ2v) is 10.1. The number of amides is 2. The van der Waals surface area contributed by atoms with Gasteiger partial charge in [0.15, 0.2) is 0 Å². The molecule has 2 amide bonds. The third kappa shape index (κ3) is 7.49. The molecule has 1 aliphatic rings. The number of thiophene rings is 1. The molecule has 1 fully saturated rings. The number of likely N-dealkylation sites (tertiary alicyclic amines) is 1. The van der Waals surface area contributed by atoms with Gasteiger partial charge in [0.2, 0.25) is 0 Å². The number of halogens is 1. The van der Waals surface area contributed by atoms with Gasteiger partial charge in [0.1, 0.15) is 18.5 Å². The first-order chi connectivity index (χ1) is 16.8. The maximum Gasteiger partial charge on any atom is 0.268 e. The molecular formula is C25H34ClN5O3S. The quantitative estimate of drug-likeness (QED) is 0.291. The van der Waals surface area contributed by atoms with Crippen molar-refractivity contribution in [3.63, 3.8) is 0 Å². The summed E-state index contributed by atoms with van der Waals surface area (Å²) < 4.78 is 0. The molecular weight excluding hydrogens is 486 g/mol. The molecule has 1 unspecified atom stereocenters. The van der Waals surface area contributed by atoms with Gasteiger partial charge in [-0.3, -0.25) is 9.59 Å². The predicted octanol–water partition coefficient (Wildman–Crippen LogP) is 4.05. The van der Waals surface area contributed by atoms with E-state index in [1.807, 2.05) is 23.3 Å². The summed E-state index contributed by atoms with van der Waals surface area (Å²) in [6.45, 7) is 8.80. The molecule has 1 atom stereocenters. The van der Waals surface area contributed by atoms with Gasteiger partial charge in [-0.2, -0.15) is 11.3 Å². The minimum Gasteiger partial charge on any atom is -0.399 e. The second-order valence-electron chi connectivity index (χ2n) is 8.90. The smallest absolute Gasteiger partial charge is 0.268 e. The number of carbonyl (C=O) groups is 2. The van der Waals surface area contributed by atoms with E-state index in [0.717, 1.165) is 43.5 Å². The molecule has 2 aromatic rings. The highest BCUT2D eigenvalue weighted by atomic mass is 35.5. The SMILES string of the molecule is CON=CC(=O)N(Cc1ccsc1)C1CCN(C(C)CCNC(=O)c2c(C)cc(Cl)nc2C)CC1. The fraction of sp³-hybridized carbons (Fsp3) is 0.520. The molecule has 0 aromatic carbocycles. The lowest BCUT2D eigenvalue weighted by Gasteiger charge is -2.40. The van der Waals surface area contributed by atoms with Gasteiger partial charge in [0.25, 0.3) is 11.8 Å². The molecule has 1 aliphatic heterocycles. The van der Waals surface area contributed by atoms with Crippen LogP contribution in [0, 0.1) is 13.8 Å². The Morgan fingerprint density at radius 1 is 1.40 bits per heavy atom. The molecule has 0 spiro atoms. The zero-order valence-electron chi connectivity index (χ0n) is 20.8. The Balaban J connectivity index is 1.50. The molecule has 190 valence electrons. The maximum absolute atomic E-state index is 12.8. The highest BCUT2D eigenvalue weighted by Crippen LogP contribution is 2.22. The van der Waals surface area contributed by atoms with Crippen molar-refractivity contribution >= 4 is 41.0 Å². The summed E-state index contributed by atoms with van der Waals surface area (Å²) in [5.74, 6) is -0.245. The van der Waals surface area contributed by atoms with Gasteiger partial charge >= 0.3 is 0 Å². The molecule has 1 N–H and O–H groups in total. The van der Waals surface area contributed by atoms with E-state index in [4.69, 9.17) is 16.4 Å². The van der Waals surface area contributed by atoms with E-state index >= 15 is 0 Å². The van der Waals surface area contributed by atoms with E-state index in [9.17, 15) is 9.59 Å². The van der Waals surface area contributed by atoms with Crippen LogP contribution >= 0.6 is 22.9 Å². The largest absolute Gasteiger partial charge is 0.399 e. The van der Waals surface area contributed by atoms with Crippen LogP contribution in [0.4, 0.5) is 0 Å². The monoisotopic (exact) mass is 519 g/mol. The zero-order valence-corrected chi connectivity index (χ0v) is 22.4. The lowest BCUT2D eigenvalue weighted by molar-refractivity contribution is -0.127. The first kappa shape index (κ1) is 27.1. The summed E-state index contributed by atoms with van der Waals surface area (Å²) in [5.41, 5.74) is 3.18. The number of rotatable bonds is 10. The van der Waals surface area contributed by atoms with Crippen molar-refractivity contribution in [3.05, 3.63) is 50.4 Å². The van der Waals surface area contributed by atoms with Gasteiger partial charge in [-0.15, -0.1) is 0 Å². The van der Waals surface area contributed by atoms with Crippen molar-refractivity contribution in [1.29, 1.82) is 0 Å². The zero-order chi connectivity index (χ0) is 25.4. The van der Waals surface area contributed by atoms with Crippen LogP contribution in [0.15, 0.2) is 28.0 Å². The Labute approximate surface area is 216 Å². The van der Waals surface area contributed by atoms with E-state index in [0.29, 0.717) is 35.5 Å². The summed E-state index contributed by atoms with van der Waals surface area (Å²) in [6, 6.07) is 4.23. The average Bonchev–Trinajstić information content (AvgIpc) is 3.34. The highest BCUT2D eigenvalue weighted by molar-refractivity contribution is 7.07. The third-order valence-corrected chi connectivity index (χ3v) is 7.41. The summed E-state index contributed by atoms with van der Waals surface area (Å²) in [4.78, 5) is 38.7. The van der Waals surface area contributed by atoms with E-state index in [1.54, 1.807) is 24.3 Å². The Morgan fingerprint density at radius 3 is 2.77 bits per heavy atom. The van der Waals surface area contributed by atoms with E-state index in [1.165, 1.54) is 13.3 Å². The van der Waals surface area contributed by atoms with Crippen LogP contribution in [-0.2, 0) is 16.2 Å². The number of carbonyl (C=O) groups excluding carboxylic acids is 2. The normalized spacial score (nSPS) is 15.8. The van der Waals surface area contributed by atoms with Crippen LogP contribution in [0.25, 0.3) is 0 Å². The number of aromatic nitrogens is 1. The van der Waals surface area contributed by atoms with Crippen molar-refractivity contribution in [2.75, 3.05) is 26.7 Å². The highest BCUT2D eigenvalue weighted by Gasteiger charge is 2.29. The molecule has 35 heavy (non-hydrogen) atoms. The molecule has 0 bridgehead atoms. The Hall–Kier alpha value is -2.49. The van der Waals surface area contributed by atoms with Crippen molar-refractivity contribution < 1.29 is 14.4 Å².